The van der Waals surface area contributed by atoms with Crippen LogP contribution < -0.4 is 5.32 Å². The van der Waals surface area contributed by atoms with Crippen LogP contribution in [0, 0.1) is 5.92 Å². The van der Waals surface area contributed by atoms with Gasteiger partial charge in [-0.1, -0.05) is 6.92 Å². The van der Waals surface area contributed by atoms with E-state index in [1.54, 1.807) is 0 Å². The van der Waals surface area contributed by atoms with Gasteiger partial charge in [-0.3, -0.25) is 0 Å². The first kappa shape index (κ1) is 8.33. The SMILES string of the molecule is CNC(=O)O[C@]1(CO)C[C@H]1C. The van der Waals surface area contributed by atoms with E-state index >= 15 is 0 Å². The predicted molar refractivity (Wildman–Crippen MR) is 39.1 cm³/mol. The number of rotatable bonds is 2. The molecule has 1 rings (SSSR count). The van der Waals surface area contributed by atoms with E-state index in [0.29, 0.717) is 0 Å². The fraction of sp³-hybridized carbons (Fsp3) is 0.857. The number of carbonyl (C=O) groups is 1. The summed E-state index contributed by atoms with van der Waals surface area (Å²) < 4.78 is 4.96. The standard InChI is InChI=1S/C7H13NO3/c1-5-3-7(5,4-9)11-6(10)8-2/h5,9H,3-4H2,1-2H3,(H,8,10)/t5-,7+/m1/s1. The van der Waals surface area contributed by atoms with Crippen LogP contribution in [0.4, 0.5) is 4.79 Å². The van der Waals surface area contributed by atoms with E-state index in [1.807, 2.05) is 6.92 Å². The lowest BCUT2D eigenvalue weighted by Crippen LogP contribution is -2.31. The first-order valence-electron chi connectivity index (χ1n) is 3.66. The van der Waals surface area contributed by atoms with Crippen molar-refractivity contribution in [3.05, 3.63) is 0 Å². The summed E-state index contributed by atoms with van der Waals surface area (Å²) in [5.74, 6) is 0.282. The first-order chi connectivity index (χ1) is 5.14. The molecule has 11 heavy (non-hydrogen) atoms. The molecule has 2 N–H and O–H groups in total. The molecule has 0 saturated heterocycles. The largest absolute Gasteiger partial charge is 0.440 e. The summed E-state index contributed by atoms with van der Waals surface area (Å²) in [5, 5.41) is 11.2. The van der Waals surface area contributed by atoms with Gasteiger partial charge < -0.3 is 15.2 Å². The van der Waals surface area contributed by atoms with Crippen LogP contribution in [0.2, 0.25) is 0 Å². The van der Waals surface area contributed by atoms with Gasteiger partial charge in [0.15, 0.2) is 0 Å². The molecule has 0 aliphatic heterocycles. The number of alkyl carbamates (subject to hydrolysis) is 1. The Morgan fingerprint density at radius 1 is 1.91 bits per heavy atom. The number of hydrogen-bond donors (Lipinski definition) is 2. The molecule has 64 valence electrons. The van der Waals surface area contributed by atoms with Crippen LogP contribution in [0.25, 0.3) is 0 Å². The van der Waals surface area contributed by atoms with Crippen LogP contribution >= 0.6 is 0 Å². The summed E-state index contributed by atoms with van der Waals surface area (Å²) in [5.41, 5.74) is -0.583. The van der Waals surface area contributed by atoms with E-state index in [4.69, 9.17) is 9.84 Å². The fourth-order valence-corrected chi connectivity index (χ4v) is 1.09. The van der Waals surface area contributed by atoms with Crippen molar-refractivity contribution in [1.82, 2.24) is 5.32 Å². The van der Waals surface area contributed by atoms with Crippen molar-refractivity contribution >= 4 is 6.09 Å². The van der Waals surface area contributed by atoms with Crippen molar-refractivity contribution in [3.8, 4) is 0 Å². The van der Waals surface area contributed by atoms with Crippen molar-refractivity contribution in [2.75, 3.05) is 13.7 Å². The summed E-state index contributed by atoms with van der Waals surface area (Å²) in [6.45, 7) is 1.86. The molecular weight excluding hydrogens is 146 g/mol. The number of ether oxygens (including phenoxy) is 1. The van der Waals surface area contributed by atoms with Crippen LogP contribution in [-0.2, 0) is 4.74 Å². The van der Waals surface area contributed by atoms with Crippen LogP contribution in [0.1, 0.15) is 13.3 Å². The van der Waals surface area contributed by atoms with Crippen LogP contribution in [0.5, 0.6) is 0 Å². The molecule has 0 aromatic heterocycles. The molecule has 1 amide bonds. The lowest BCUT2D eigenvalue weighted by Gasteiger charge is -2.13. The van der Waals surface area contributed by atoms with E-state index < -0.39 is 11.7 Å². The van der Waals surface area contributed by atoms with Gasteiger partial charge in [-0.05, 0) is 6.42 Å². The molecule has 0 unspecified atom stereocenters. The molecule has 0 aromatic carbocycles. The maximum atomic E-state index is 10.7. The smallest absolute Gasteiger partial charge is 0.407 e. The summed E-state index contributed by atoms with van der Waals surface area (Å²) in [7, 11) is 1.50. The zero-order valence-electron chi connectivity index (χ0n) is 6.76. The number of aliphatic hydroxyl groups excluding tert-OH is 1. The third-order valence-corrected chi connectivity index (χ3v) is 2.16. The summed E-state index contributed by atoms with van der Waals surface area (Å²) in [6, 6.07) is 0. The minimum atomic E-state index is -0.583. The van der Waals surface area contributed by atoms with Gasteiger partial charge in [0.1, 0.15) is 5.60 Å². The third kappa shape index (κ3) is 1.45. The zero-order chi connectivity index (χ0) is 8.48. The van der Waals surface area contributed by atoms with Gasteiger partial charge in [0, 0.05) is 13.0 Å². The van der Waals surface area contributed by atoms with E-state index in [2.05, 4.69) is 5.32 Å². The number of aliphatic hydroxyl groups is 1. The number of amides is 1. The predicted octanol–water partition coefficient (Wildman–Crippen LogP) is 0.113. The second-order valence-electron chi connectivity index (χ2n) is 2.97. The van der Waals surface area contributed by atoms with Gasteiger partial charge in [0.05, 0.1) is 6.61 Å². The number of carbonyl (C=O) groups excluding carboxylic acids is 1. The van der Waals surface area contributed by atoms with Crippen molar-refractivity contribution in [2.24, 2.45) is 5.92 Å². The minimum Gasteiger partial charge on any atom is -0.440 e. The van der Waals surface area contributed by atoms with E-state index in [0.717, 1.165) is 6.42 Å². The topological polar surface area (TPSA) is 58.6 Å². The average molecular weight is 159 g/mol. The quantitative estimate of drug-likeness (QED) is 0.601. The van der Waals surface area contributed by atoms with Gasteiger partial charge in [-0.15, -0.1) is 0 Å². The Hall–Kier alpha value is -0.770. The Morgan fingerprint density at radius 2 is 2.45 bits per heavy atom. The molecular formula is C7H13NO3. The van der Waals surface area contributed by atoms with Crippen LogP contribution in [0.15, 0.2) is 0 Å². The van der Waals surface area contributed by atoms with E-state index in [1.165, 1.54) is 7.05 Å². The fourth-order valence-electron chi connectivity index (χ4n) is 1.09. The molecule has 0 spiro atoms. The molecule has 2 atom stereocenters. The average Bonchev–Trinajstić information content (AvgIpc) is 2.62. The van der Waals surface area contributed by atoms with Gasteiger partial charge in [0.2, 0.25) is 0 Å². The molecule has 0 radical (unpaired) electrons. The molecule has 0 heterocycles. The highest BCUT2D eigenvalue weighted by atomic mass is 16.6. The Labute approximate surface area is 65.5 Å². The van der Waals surface area contributed by atoms with Crippen molar-refractivity contribution in [1.29, 1.82) is 0 Å². The molecule has 0 aromatic rings. The van der Waals surface area contributed by atoms with E-state index in [-0.39, 0.29) is 12.5 Å². The van der Waals surface area contributed by atoms with Gasteiger partial charge in [-0.2, -0.15) is 0 Å². The Balaban J connectivity index is 2.41. The minimum absolute atomic E-state index is 0.0818. The summed E-state index contributed by atoms with van der Waals surface area (Å²) in [6.07, 6.45) is 0.292. The van der Waals surface area contributed by atoms with Gasteiger partial charge in [-0.25, -0.2) is 4.79 Å². The van der Waals surface area contributed by atoms with Gasteiger partial charge >= 0.3 is 6.09 Å². The lowest BCUT2D eigenvalue weighted by molar-refractivity contribution is 0.0327. The molecule has 1 aliphatic carbocycles. The second-order valence-corrected chi connectivity index (χ2v) is 2.97. The molecule has 4 heteroatoms. The maximum absolute atomic E-state index is 10.7. The Morgan fingerprint density at radius 3 is 2.73 bits per heavy atom. The lowest BCUT2D eigenvalue weighted by atomic mass is 10.3. The molecule has 1 fully saturated rings. The van der Waals surface area contributed by atoms with Crippen molar-refractivity contribution in [2.45, 2.75) is 18.9 Å². The Kier molecular flexibility index (Phi) is 2.04. The summed E-state index contributed by atoms with van der Waals surface area (Å²) >= 11 is 0. The van der Waals surface area contributed by atoms with Crippen LogP contribution in [-0.4, -0.2) is 30.5 Å². The van der Waals surface area contributed by atoms with Crippen molar-refractivity contribution < 1.29 is 14.6 Å². The molecule has 4 nitrogen and oxygen atoms in total. The monoisotopic (exact) mass is 159 g/mol. The molecule has 1 saturated carbocycles. The Bertz CT molecular complexity index is 167. The maximum Gasteiger partial charge on any atom is 0.407 e. The normalized spacial score (nSPS) is 34.6. The first-order valence-corrected chi connectivity index (χ1v) is 3.66. The highest BCUT2D eigenvalue weighted by Gasteiger charge is 2.54. The van der Waals surface area contributed by atoms with E-state index in [9.17, 15) is 4.79 Å². The van der Waals surface area contributed by atoms with Crippen molar-refractivity contribution in [3.63, 3.8) is 0 Å². The van der Waals surface area contributed by atoms with Gasteiger partial charge in [0.25, 0.3) is 0 Å². The highest BCUT2D eigenvalue weighted by Crippen LogP contribution is 2.45. The summed E-state index contributed by atoms with van der Waals surface area (Å²) in [4.78, 5) is 10.7. The molecule has 1 aliphatic rings. The highest BCUT2D eigenvalue weighted by molar-refractivity contribution is 5.67. The third-order valence-electron chi connectivity index (χ3n) is 2.16. The second kappa shape index (κ2) is 2.70. The molecule has 0 bridgehead atoms. The number of hydrogen-bond acceptors (Lipinski definition) is 3. The number of nitrogens with one attached hydrogen (secondary N) is 1. The zero-order valence-corrected chi connectivity index (χ0v) is 6.76. The van der Waals surface area contributed by atoms with Crippen LogP contribution in [0.3, 0.4) is 0 Å².